The standard InChI is InChI=1S/C25H31N3O5/c1-18-15-21(19(2)28(18)16-22-9-6-14-32-22)10-11-24(30)33-17-23(29)27-25(31)26-13-12-20-7-4-3-5-8-20/h6-7,9-11,14-15H,3-5,8,12-13,16-17H2,1-2H3,(H2,26,27,29,31). The SMILES string of the molecule is Cc1cc(C=CC(=O)OCC(=O)NC(=O)NCCC2=CCCCC2)c(C)n1Cc1ccco1. The Morgan fingerprint density at radius 2 is 2.09 bits per heavy atom. The molecule has 3 rings (SSSR count). The Labute approximate surface area is 193 Å². The number of aryl methyl sites for hydroxylation is 1. The number of rotatable bonds is 9. The molecule has 2 heterocycles. The highest BCUT2D eigenvalue weighted by atomic mass is 16.5. The third-order valence-electron chi connectivity index (χ3n) is 5.62. The normalized spacial score (nSPS) is 13.6. The highest BCUT2D eigenvalue weighted by Crippen LogP contribution is 2.20. The van der Waals surface area contributed by atoms with E-state index in [4.69, 9.17) is 9.15 Å². The quantitative estimate of drug-likeness (QED) is 0.339. The van der Waals surface area contributed by atoms with E-state index in [0.29, 0.717) is 13.1 Å². The van der Waals surface area contributed by atoms with E-state index in [9.17, 15) is 14.4 Å². The number of furan rings is 1. The average molecular weight is 454 g/mol. The third kappa shape index (κ3) is 7.52. The maximum absolute atomic E-state index is 12.0. The summed E-state index contributed by atoms with van der Waals surface area (Å²) in [6.07, 6.45) is 12.1. The molecule has 0 aliphatic heterocycles. The summed E-state index contributed by atoms with van der Waals surface area (Å²) in [6, 6.07) is 5.12. The number of urea groups is 1. The Kier molecular flexibility index (Phi) is 8.69. The molecule has 8 nitrogen and oxygen atoms in total. The van der Waals surface area contributed by atoms with E-state index in [-0.39, 0.29) is 0 Å². The number of esters is 1. The molecule has 8 heteroatoms. The molecular formula is C25H31N3O5. The molecule has 0 saturated heterocycles. The van der Waals surface area contributed by atoms with Crippen LogP contribution in [-0.4, -0.2) is 35.6 Å². The monoisotopic (exact) mass is 453 g/mol. The van der Waals surface area contributed by atoms with Crippen LogP contribution in [0.3, 0.4) is 0 Å². The zero-order chi connectivity index (χ0) is 23.6. The molecule has 1 aliphatic rings. The number of carbonyl (C=O) groups excluding carboxylic acids is 3. The number of amides is 3. The van der Waals surface area contributed by atoms with Crippen molar-refractivity contribution in [2.75, 3.05) is 13.2 Å². The first kappa shape index (κ1) is 24.1. The fraction of sp³-hybridized carbons (Fsp3) is 0.400. The molecule has 0 atom stereocenters. The van der Waals surface area contributed by atoms with Crippen molar-refractivity contribution >= 4 is 24.0 Å². The first-order chi connectivity index (χ1) is 15.9. The third-order valence-corrected chi connectivity index (χ3v) is 5.62. The Bertz CT molecular complexity index is 1030. The fourth-order valence-electron chi connectivity index (χ4n) is 3.82. The van der Waals surface area contributed by atoms with Gasteiger partial charge in [0.1, 0.15) is 5.76 Å². The Hall–Kier alpha value is -3.55. The number of nitrogens with one attached hydrogen (secondary N) is 2. The molecule has 0 spiro atoms. The van der Waals surface area contributed by atoms with E-state index >= 15 is 0 Å². The summed E-state index contributed by atoms with van der Waals surface area (Å²) >= 11 is 0. The number of hydrogen-bond acceptors (Lipinski definition) is 5. The van der Waals surface area contributed by atoms with Gasteiger partial charge in [0.05, 0.1) is 12.8 Å². The Morgan fingerprint density at radius 1 is 1.24 bits per heavy atom. The predicted octanol–water partition coefficient (Wildman–Crippen LogP) is 4.02. The van der Waals surface area contributed by atoms with Crippen molar-refractivity contribution in [2.45, 2.75) is 52.5 Å². The lowest BCUT2D eigenvalue weighted by Gasteiger charge is -2.13. The van der Waals surface area contributed by atoms with Gasteiger partial charge in [0.15, 0.2) is 6.61 Å². The summed E-state index contributed by atoms with van der Waals surface area (Å²) in [5.74, 6) is -0.499. The molecule has 2 aromatic heterocycles. The number of ether oxygens (including phenoxy) is 1. The van der Waals surface area contributed by atoms with Crippen LogP contribution in [0.5, 0.6) is 0 Å². The highest BCUT2D eigenvalue weighted by molar-refractivity contribution is 5.96. The van der Waals surface area contributed by atoms with Gasteiger partial charge >= 0.3 is 12.0 Å². The van der Waals surface area contributed by atoms with Gasteiger partial charge in [0, 0.05) is 24.0 Å². The zero-order valence-electron chi connectivity index (χ0n) is 19.2. The minimum Gasteiger partial charge on any atom is -0.467 e. The highest BCUT2D eigenvalue weighted by Gasteiger charge is 2.12. The first-order valence-electron chi connectivity index (χ1n) is 11.2. The molecule has 0 unspecified atom stereocenters. The van der Waals surface area contributed by atoms with E-state index in [0.717, 1.165) is 42.0 Å². The van der Waals surface area contributed by atoms with E-state index in [2.05, 4.69) is 21.3 Å². The van der Waals surface area contributed by atoms with Crippen LogP contribution in [0, 0.1) is 13.8 Å². The topological polar surface area (TPSA) is 103 Å². The van der Waals surface area contributed by atoms with Gasteiger partial charge in [-0.25, -0.2) is 9.59 Å². The molecule has 0 fully saturated rings. The summed E-state index contributed by atoms with van der Waals surface area (Å²) in [5.41, 5.74) is 4.22. The summed E-state index contributed by atoms with van der Waals surface area (Å²) in [4.78, 5) is 35.7. The molecule has 0 saturated carbocycles. The van der Waals surface area contributed by atoms with Gasteiger partial charge in [0.25, 0.3) is 5.91 Å². The maximum atomic E-state index is 12.0. The van der Waals surface area contributed by atoms with Crippen molar-refractivity contribution in [1.82, 2.24) is 15.2 Å². The molecule has 0 radical (unpaired) electrons. The predicted molar refractivity (Wildman–Crippen MR) is 124 cm³/mol. The maximum Gasteiger partial charge on any atom is 0.331 e. The summed E-state index contributed by atoms with van der Waals surface area (Å²) < 4.78 is 12.4. The molecule has 0 bridgehead atoms. The first-order valence-corrected chi connectivity index (χ1v) is 11.2. The number of nitrogens with zero attached hydrogens (tertiary/aromatic N) is 1. The van der Waals surface area contributed by atoms with Crippen LogP contribution in [0.2, 0.25) is 0 Å². The van der Waals surface area contributed by atoms with Crippen LogP contribution in [0.15, 0.2) is 46.6 Å². The van der Waals surface area contributed by atoms with Crippen molar-refractivity contribution < 1.29 is 23.5 Å². The van der Waals surface area contributed by atoms with Crippen molar-refractivity contribution in [2.24, 2.45) is 0 Å². The molecule has 33 heavy (non-hydrogen) atoms. The Balaban J connectivity index is 1.39. The van der Waals surface area contributed by atoms with Crippen LogP contribution in [0.25, 0.3) is 6.08 Å². The smallest absolute Gasteiger partial charge is 0.331 e. The van der Waals surface area contributed by atoms with Crippen molar-refractivity contribution in [3.05, 3.63) is 64.9 Å². The van der Waals surface area contributed by atoms with Gasteiger partial charge in [-0.1, -0.05) is 11.6 Å². The fourth-order valence-corrected chi connectivity index (χ4v) is 3.82. The van der Waals surface area contributed by atoms with E-state index < -0.39 is 24.5 Å². The summed E-state index contributed by atoms with van der Waals surface area (Å²) in [5, 5.41) is 4.82. The van der Waals surface area contributed by atoms with E-state index in [1.807, 2.05) is 32.0 Å². The number of hydrogen-bond donors (Lipinski definition) is 2. The molecule has 2 N–H and O–H groups in total. The van der Waals surface area contributed by atoms with Gasteiger partial charge in [-0.2, -0.15) is 0 Å². The van der Waals surface area contributed by atoms with Crippen molar-refractivity contribution in [3.63, 3.8) is 0 Å². The van der Waals surface area contributed by atoms with Crippen LogP contribution >= 0.6 is 0 Å². The van der Waals surface area contributed by atoms with Crippen molar-refractivity contribution in [1.29, 1.82) is 0 Å². The van der Waals surface area contributed by atoms with Crippen LogP contribution < -0.4 is 10.6 Å². The summed E-state index contributed by atoms with van der Waals surface area (Å²) in [6.45, 7) is 4.47. The lowest BCUT2D eigenvalue weighted by molar-refractivity contribution is -0.143. The van der Waals surface area contributed by atoms with Crippen LogP contribution in [0.4, 0.5) is 4.79 Å². The second-order valence-corrected chi connectivity index (χ2v) is 8.10. The lowest BCUT2D eigenvalue weighted by Crippen LogP contribution is -2.41. The number of allylic oxidation sites excluding steroid dienone is 1. The second kappa shape index (κ2) is 11.9. The van der Waals surface area contributed by atoms with E-state index in [1.165, 1.54) is 24.5 Å². The summed E-state index contributed by atoms with van der Waals surface area (Å²) in [7, 11) is 0. The van der Waals surface area contributed by atoms with Crippen molar-refractivity contribution in [3.8, 4) is 0 Å². The van der Waals surface area contributed by atoms with Gasteiger partial charge in [0.2, 0.25) is 0 Å². The van der Waals surface area contributed by atoms with Gasteiger partial charge in [-0.15, -0.1) is 0 Å². The minimum absolute atomic E-state index is 0.464. The number of carbonyl (C=O) groups is 3. The molecular weight excluding hydrogens is 422 g/mol. The molecule has 176 valence electrons. The largest absolute Gasteiger partial charge is 0.467 e. The number of aromatic nitrogens is 1. The Morgan fingerprint density at radius 3 is 2.82 bits per heavy atom. The minimum atomic E-state index is -0.678. The molecule has 0 aromatic carbocycles. The number of imide groups is 1. The molecule has 2 aromatic rings. The van der Waals surface area contributed by atoms with Gasteiger partial charge < -0.3 is 19.0 Å². The van der Waals surface area contributed by atoms with Crippen LogP contribution in [-0.2, 0) is 20.9 Å². The van der Waals surface area contributed by atoms with Gasteiger partial charge in [-0.3, -0.25) is 10.1 Å². The average Bonchev–Trinajstić information content (AvgIpc) is 3.41. The molecule has 1 aliphatic carbocycles. The lowest BCUT2D eigenvalue weighted by atomic mass is 9.97. The molecule has 3 amide bonds. The van der Waals surface area contributed by atoms with Gasteiger partial charge in [-0.05, 0) is 75.8 Å². The zero-order valence-corrected chi connectivity index (χ0v) is 19.2. The van der Waals surface area contributed by atoms with Crippen LogP contribution in [0.1, 0.15) is 54.8 Å². The second-order valence-electron chi connectivity index (χ2n) is 8.10. The van der Waals surface area contributed by atoms with E-state index in [1.54, 1.807) is 12.3 Å².